The Balaban J connectivity index is 1.94. The minimum Gasteiger partial charge on any atom is -0.267 e. The summed E-state index contributed by atoms with van der Waals surface area (Å²) in [7, 11) is 0. The molecule has 0 spiro atoms. The highest BCUT2D eigenvalue weighted by Gasteiger charge is 2.13. The lowest BCUT2D eigenvalue weighted by Gasteiger charge is -2.06. The summed E-state index contributed by atoms with van der Waals surface area (Å²) in [5.74, 6) is 0.0455. The molecule has 0 fully saturated rings. The third-order valence-corrected chi connectivity index (χ3v) is 3.89. The van der Waals surface area contributed by atoms with Crippen LogP contribution >= 0.6 is 0 Å². The first-order chi connectivity index (χ1) is 12.0. The molecule has 6 heteroatoms. The van der Waals surface area contributed by atoms with E-state index < -0.39 is 5.91 Å². The second-order valence-corrected chi connectivity index (χ2v) is 6.40. The Morgan fingerprint density at radius 2 is 2.04 bits per heavy atom. The van der Waals surface area contributed by atoms with Gasteiger partial charge in [-0.2, -0.15) is 10.2 Å². The van der Waals surface area contributed by atoms with E-state index >= 15 is 0 Å². The van der Waals surface area contributed by atoms with Crippen molar-refractivity contribution >= 4 is 22.9 Å². The van der Waals surface area contributed by atoms with Gasteiger partial charge in [0.2, 0.25) is 0 Å². The molecule has 1 aromatic heterocycles. The van der Waals surface area contributed by atoms with Gasteiger partial charge in [0.25, 0.3) is 11.5 Å². The van der Waals surface area contributed by atoms with E-state index in [1.54, 1.807) is 30.5 Å². The maximum Gasteiger partial charge on any atom is 0.292 e. The molecular weight excluding hydrogens is 316 g/mol. The Kier molecular flexibility index (Phi) is 6.62. The van der Waals surface area contributed by atoms with Crippen LogP contribution in [0.3, 0.4) is 0 Å². The van der Waals surface area contributed by atoms with Crippen molar-refractivity contribution < 1.29 is 4.79 Å². The minimum absolute atomic E-state index is 0.156. The summed E-state index contributed by atoms with van der Waals surface area (Å²) < 4.78 is 0. The van der Waals surface area contributed by atoms with Crippen LogP contribution in [0, 0.1) is 5.92 Å². The number of amides is 1. The van der Waals surface area contributed by atoms with E-state index in [1.165, 1.54) is 5.57 Å². The molecule has 1 amide bonds. The van der Waals surface area contributed by atoms with Crippen LogP contribution < -0.4 is 11.0 Å². The van der Waals surface area contributed by atoms with E-state index in [-0.39, 0.29) is 11.3 Å². The topological polar surface area (TPSA) is 87.2 Å². The number of H-pyrrole nitrogens is 1. The fourth-order valence-electron chi connectivity index (χ4n) is 2.45. The van der Waals surface area contributed by atoms with Gasteiger partial charge in [0, 0.05) is 11.6 Å². The SMILES string of the molecule is CC(C)=CCC[C@H](C)C/C=N\NC(=O)c1n[nH]c(=O)c2ccccc12. The van der Waals surface area contributed by atoms with Crippen molar-refractivity contribution in [3.63, 3.8) is 0 Å². The van der Waals surface area contributed by atoms with Gasteiger partial charge in [0.05, 0.1) is 5.39 Å². The van der Waals surface area contributed by atoms with Gasteiger partial charge in [-0.1, -0.05) is 36.8 Å². The Morgan fingerprint density at radius 1 is 1.32 bits per heavy atom. The summed E-state index contributed by atoms with van der Waals surface area (Å²) in [6.07, 6.45) is 6.85. The van der Waals surface area contributed by atoms with Gasteiger partial charge in [-0.3, -0.25) is 9.59 Å². The maximum atomic E-state index is 12.2. The number of aromatic amines is 1. The molecule has 0 saturated heterocycles. The number of rotatable bonds is 7. The van der Waals surface area contributed by atoms with Crippen molar-refractivity contribution in [2.24, 2.45) is 11.0 Å². The number of carbonyl (C=O) groups is 1. The minimum atomic E-state index is -0.444. The molecule has 2 rings (SSSR count). The van der Waals surface area contributed by atoms with Crippen LogP contribution in [0.5, 0.6) is 0 Å². The zero-order valence-electron chi connectivity index (χ0n) is 14.9. The van der Waals surface area contributed by atoms with Crippen LogP contribution in [0.2, 0.25) is 0 Å². The first-order valence-corrected chi connectivity index (χ1v) is 8.41. The smallest absolute Gasteiger partial charge is 0.267 e. The number of hydrazone groups is 1. The molecule has 0 aliphatic rings. The number of allylic oxidation sites excluding steroid dienone is 2. The highest BCUT2D eigenvalue weighted by Crippen LogP contribution is 2.12. The molecule has 25 heavy (non-hydrogen) atoms. The standard InChI is InChI=1S/C19H24N4O2/c1-13(2)7-6-8-14(3)11-12-20-22-19(25)17-15-9-4-5-10-16(15)18(24)23-21-17/h4-5,7,9-10,12,14H,6,8,11H2,1-3H3,(H,22,25)(H,23,24)/b20-12-/t14-/m0/s1. The van der Waals surface area contributed by atoms with Crippen molar-refractivity contribution in [2.45, 2.75) is 40.0 Å². The van der Waals surface area contributed by atoms with Gasteiger partial charge in [-0.25, -0.2) is 10.5 Å². The van der Waals surface area contributed by atoms with Crippen LogP contribution in [0.15, 0.2) is 45.8 Å². The van der Waals surface area contributed by atoms with Crippen molar-refractivity contribution in [1.82, 2.24) is 15.6 Å². The second kappa shape index (κ2) is 8.92. The van der Waals surface area contributed by atoms with Gasteiger partial charge in [-0.05, 0) is 45.1 Å². The maximum absolute atomic E-state index is 12.2. The van der Waals surface area contributed by atoms with Crippen LogP contribution in [0.1, 0.15) is 50.5 Å². The molecule has 1 aromatic carbocycles. The van der Waals surface area contributed by atoms with Crippen molar-refractivity contribution in [3.05, 3.63) is 52.0 Å². The molecule has 132 valence electrons. The largest absolute Gasteiger partial charge is 0.292 e. The summed E-state index contributed by atoms with van der Waals surface area (Å²) in [5, 5.41) is 11.1. The third kappa shape index (κ3) is 5.38. The molecule has 1 heterocycles. The lowest BCUT2D eigenvalue weighted by atomic mass is 10.0. The van der Waals surface area contributed by atoms with Crippen molar-refractivity contribution in [1.29, 1.82) is 0 Å². The lowest BCUT2D eigenvalue weighted by molar-refractivity contribution is 0.0951. The van der Waals surface area contributed by atoms with Gasteiger partial charge in [-0.15, -0.1) is 0 Å². The zero-order chi connectivity index (χ0) is 18.2. The Labute approximate surface area is 147 Å². The highest BCUT2D eigenvalue weighted by atomic mass is 16.2. The first kappa shape index (κ1) is 18.6. The molecule has 0 radical (unpaired) electrons. The van der Waals surface area contributed by atoms with Crippen molar-refractivity contribution in [2.75, 3.05) is 0 Å². The summed E-state index contributed by atoms with van der Waals surface area (Å²) in [5.41, 5.74) is 3.64. The number of benzene rings is 1. The average molecular weight is 340 g/mol. The summed E-state index contributed by atoms with van der Waals surface area (Å²) in [6, 6.07) is 6.86. The molecule has 0 unspecified atom stereocenters. The summed E-state index contributed by atoms with van der Waals surface area (Å²) in [6.45, 7) is 6.34. The lowest BCUT2D eigenvalue weighted by Crippen LogP contribution is -2.22. The van der Waals surface area contributed by atoms with Gasteiger partial charge >= 0.3 is 0 Å². The molecular formula is C19H24N4O2. The zero-order valence-corrected chi connectivity index (χ0v) is 14.9. The molecule has 2 aromatic rings. The van der Waals surface area contributed by atoms with E-state index in [1.807, 2.05) is 0 Å². The molecule has 0 aliphatic carbocycles. The average Bonchev–Trinajstić information content (AvgIpc) is 2.59. The highest BCUT2D eigenvalue weighted by molar-refractivity contribution is 6.04. The van der Waals surface area contributed by atoms with Crippen LogP contribution in [0.4, 0.5) is 0 Å². The summed E-state index contributed by atoms with van der Waals surface area (Å²) in [4.78, 5) is 24.0. The fraction of sp³-hybridized carbons (Fsp3) is 0.368. The Morgan fingerprint density at radius 3 is 2.76 bits per heavy atom. The van der Waals surface area contributed by atoms with Gasteiger partial charge in [0.15, 0.2) is 5.69 Å². The van der Waals surface area contributed by atoms with Crippen LogP contribution in [-0.4, -0.2) is 22.3 Å². The van der Waals surface area contributed by atoms with E-state index in [0.29, 0.717) is 16.7 Å². The van der Waals surface area contributed by atoms with Crippen LogP contribution in [0.25, 0.3) is 10.8 Å². The number of fused-ring (bicyclic) bond motifs is 1. The first-order valence-electron chi connectivity index (χ1n) is 8.41. The molecule has 0 aliphatic heterocycles. The monoisotopic (exact) mass is 340 g/mol. The molecule has 0 bridgehead atoms. The van der Waals surface area contributed by atoms with E-state index in [2.05, 4.69) is 47.6 Å². The third-order valence-electron chi connectivity index (χ3n) is 3.89. The molecule has 1 atom stereocenters. The fourth-order valence-corrected chi connectivity index (χ4v) is 2.45. The van der Waals surface area contributed by atoms with Crippen LogP contribution in [-0.2, 0) is 0 Å². The van der Waals surface area contributed by atoms with Gasteiger partial charge in [0.1, 0.15) is 0 Å². The molecule has 2 N–H and O–H groups in total. The van der Waals surface area contributed by atoms with Crippen molar-refractivity contribution in [3.8, 4) is 0 Å². The predicted molar refractivity (Wildman–Crippen MR) is 101 cm³/mol. The van der Waals surface area contributed by atoms with E-state index in [0.717, 1.165) is 19.3 Å². The number of hydrogen-bond acceptors (Lipinski definition) is 4. The van der Waals surface area contributed by atoms with E-state index in [4.69, 9.17) is 0 Å². The summed E-state index contributed by atoms with van der Waals surface area (Å²) >= 11 is 0. The normalized spacial score (nSPS) is 12.3. The quantitative estimate of drug-likeness (QED) is 0.460. The number of aromatic nitrogens is 2. The second-order valence-electron chi connectivity index (χ2n) is 6.40. The molecule has 6 nitrogen and oxygen atoms in total. The number of hydrogen-bond donors (Lipinski definition) is 2. The van der Waals surface area contributed by atoms with E-state index in [9.17, 15) is 9.59 Å². The molecule has 0 saturated carbocycles. The number of nitrogens with zero attached hydrogens (tertiary/aromatic N) is 2. The number of nitrogens with one attached hydrogen (secondary N) is 2. The Bertz CT molecular complexity index is 848. The number of carbonyl (C=O) groups excluding carboxylic acids is 1. The predicted octanol–water partition coefficient (Wildman–Crippen LogP) is 3.41. The Hall–Kier alpha value is -2.76. The van der Waals surface area contributed by atoms with Gasteiger partial charge < -0.3 is 0 Å².